The summed E-state index contributed by atoms with van der Waals surface area (Å²) in [6.45, 7) is -0.123. The van der Waals surface area contributed by atoms with E-state index in [4.69, 9.17) is 10.3 Å². The predicted octanol–water partition coefficient (Wildman–Crippen LogP) is 0.570. The first kappa shape index (κ1) is 15.4. The molecule has 2 rings (SSSR count). The Bertz CT molecular complexity index is 626. The number of carbonyl (C=O) groups excluding carboxylic acids is 2. The summed E-state index contributed by atoms with van der Waals surface area (Å²) in [5, 5.41) is 0. The van der Waals surface area contributed by atoms with E-state index in [9.17, 15) is 19.0 Å². The number of imide groups is 1. The van der Waals surface area contributed by atoms with Gasteiger partial charge in [0.25, 0.3) is 11.8 Å². The number of para-hydroxylation sites is 2. The lowest BCUT2D eigenvalue weighted by Crippen LogP contribution is -2.29. The third-order valence-corrected chi connectivity index (χ3v) is 3.44. The fourth-order valence-electron chi connectivity index (χ4n) is 1.68. The zero-order valence-electron chi connectivity index (χ0n) is 10.8. The average Bonchev–Trinajstić information content (AvgIpc) is 2.76. The van der Waals surface area contributed by atoms with Crippen molar-refractivity contribution in [1.82, 2.24) is 0 Å². The number of phosphoric ester groups is 1. The second kappa shape index (κ2) is 6.19. The lowest BCUT2D eigenvalue weighted by atomic mass is 10.2. The van der Waals surface area contributed by atoms with Crippen LogP contribution >= 0.6 is 7.82 Å². The molecule has 0 aliphatic carbocycles. The molecule has 0 fully saturated rings. The maximum Gasteiger partial charge on any atom is 0.527 e. The molecule has 0 saturated carbocycles. The van der Waals surface area contributed by atoms with Gasteiger partial charge in [-0.05, 0) is 12.1 Å². The van der Waals surface area contributed by atoms with Gasteiger partial charge in [0.15, 0.2) is 5.75 Å². The Morgan fingerprint density at radius 1 is 1.19 bits per heavy atom. The minimum absolute atomic E-state index is 0.0442. The van der Waals surface area contributed by atoms with Gasteiger partial charge < -0.3 is 10.3 Å². The van der Waals surface area contributed by atoms with Crippen LogP contribution in [0.5, 0.6) is 5.75 Å². The van der Waals surface area contributed by atoms with Crippen molar-refractivity contribution in [3.63, 3.8) is 0 Å². The number of carbonyl (C=O) groups is 2. The van der Waals surface area contributed by atoms with Gasteiger partial charge in [0, 0.05) is 18.7 Å². The molecule has 3 N–H and O–H groups in total. The van der Waals surface area contributed by atoms with Crippen LogP contribution in [0.4, 0.5) is 5.69 Å². The van der Waals surface area contributed by atoms with Crippen molar-refractivity contribution in [3.8, 4) is 5.75 Å². The van der Waals surface area contributed by atoms with E-state index in [1.165, 1.54) is 18.2 Å². The van der Waals surface area contributed by atoms with E-state index in [1.807, 2.05) is 0 Å². The van der Waals surface area contributed by atoms with Crippen molar-refractivity contribution >= 4 is 25.3 Å². The Labute approximate surface area is 120 Å². The van der Waals surface area contributed by atoms with E-state index in [0.29, 0.717) is 0 Å². The van der Waals surface area contributed by atoms with Gasteiger partial charge in [-0.15, -0.1) is 0 Å². The lowest BCUT2D eigenvalue weighted by molar-refractivity contribution is -0.120. The Morgan fingerprint density at radius 3 is 2.43 bits per heavy atom. The number of hydrogen-bond donors (Lipinski definition) is 2. The number of hydrogen-bond acceptors (Lipinski definition) is 6. The molecule has 8 nitrogen and oxygen atoms in total. The van der Waals surface area contributed by atoms with Crippen LogP contribution in [0, 0.1) is 0 Å². The summed E-state index contributed by atoms with van der Waals surface area (Å²) in [4.78, 5) is 33.7. The van der Waals surface area contributed by atoms with Gasteiger partial charge in [-0.2, -0.15) is 0 Å². The third-order valence-electron chi connectivity index (χ3n) is 2.50. The van der Waals surface area contributed by atoms with Crippen LogP contribution in [0.1, 0.15) is 0 Å². The molecule has 2 amide bonds. The summed E-state index contributed by atoms with van der Waals surface area (Å²) >= 11 is 0. The second-order valence-corrected chi connectivity index (χ2v) is 5.37. The number of amides is 2. The minimum atomic E-state index is -4.39. The molecule has 1 aromatic rings. The Kier molecular flexibility index (Phi) is 4.54. The molecule has 21 heavy (non-hydrogen) atoms. The maximum absolute atomic E-state index is 11.7. The van der Waals surface area contributed by atoms with Crippen LogP contribution < -0.4 is 15.2 Å². The molecular formula is C12H13N2O6P. The zero-order chi connectivity index (χ0) is 15.5. The third kappa shape index (κ3) is 3.56. The summed E-state index contributed by atoms with van der Waals surface area (Å²) < 4.78 is 21.2. The first-order valence-corrected chi connectivity index (χ1v) is 7.46. The van der Waals surface area contributed by atoms with E-state index >= 15 is 0 Å². The highest BCUT2D eigenvalue weighted by Crippen LogP contribution is 2.46. The van der Waals surface area contributed by atoms with Crippen molar-refractivity contribution in [3.05, 3.63) is 36.4 Å². The van der Waals surface area contributed by atoms with Gasteiger partial charge in [-0.1, -0.05) is 12.1 Å². The minimum Gasteiger partial charge on any atom is -0.402 e. The van der Waals surface area contributed by atoms with E-state index in [-0.39, 0.29) is 24.6 Å². The first-order chi connectivity index (χ1) is 9.94. The van der Waals surface area contributed by atoms with Gasteiger partial charge in [-0.3, -0.25) is 19.0 Å². The van der Waals surface area contributed by atoms with E-state index in [0.717, 1.165) is 17.1 Å². The highest BCUT2D eigenvalue weighted by atomic mass is 31.2. The van der Waals surface area contributed by atoms with Gasteiger partial charge in [0.2, 0.25) is 0 Å². The van der Waals surface area contributed by atoms with Gasteiger partial charge >= 0.3 is 7.82 Å². The number of phosphoric acid groups is 1. The smallest absolute Gasteiger partial charge is 0.402 e. The highest BCUT2D eigenvalue weighted by Gasteiger charge is 2.30. The molecule has 1 aromatic carbocycles. The van der Waals surface area contributed by atoms with Crippen molar-refractivity contribution in [2.75, 3.05) is 18.1 Å². The topological polar surface area (TPSA) is 119 Å². The molecular weight excluding hydrogens is 299 g/mol. The quantitative estimate of drug-likeness (QED) is 0.582. The molecule has 1 aliphatic rings. The fraction of sp³-hybridized carbons (Fsp3) is 0.167. The first-order valence-electron chi connectivity index (χ1n) is 5.97. The normalized spacial score (nSPS) is 17.1. The molecule has 1 aliphatic heterocycles. The van der Waals surface area contributed by atoms with E-state index in [2.05, 4.69) is 4.52 Å². The molecule has 1 heterocycles. The largest absolute Gasteiger partial charge is 0.527 e. The molecule has 0 aromatic heterocycles. The predicted molar refractivity (Wildman–Crippen MR) is 73.5 cm³/mol. The number of rotatable bonds is 6. The second-order valence-electron chi connectivity index (χ2n) is 3.99. The average molecular weight is 312 g/mol. The molecule has 1 atom stereocenters. The SMILES string of the molecule is NCCOP(=O)(O)Oc1ccccc1N1C(=O)C=CC1=O. The van der Waals surface area contributed by atoms with Crippen molar-refractivity contribution in [1.29, 1.82) is 0 Å². The summed E-state index contributed by atoms with van der Waals surface area (Å²) in [5.74, 6) is -1.25. The Balaban J connectivity index is 2.28. The highest BCUT2D eigenvalue weighted by molar-refractivity contribution is 7.47. The van der Waals surface area contributed by atoms with Crippen LogP contribution in [0.2, 0.25) is 0 Å². The number of nitrogens with zero attached hydrogens (tertiary/aromatic N) is 1. The molecule has 0 spiro atoms. The van der Waals surface area contributed by atoms with Crippen molar-refractivity contribution in [2.45, 2.75) is 0 Å². The lowest BCUT2D eigenvalue weighted by Gasteiger charge is -2.19. The summed E-state index contributed by atoms with van der Waals surface area (Å²) in [7, 11) is -4.39. The summed E-state index contributed by atoms with van der Waals surface area (Å²) in [5.41, 5.74) is 5.23. The molecule has 1 unspecified atom stereocenters. The monoisotopic (exact) mass is 312 g/mol. The molecule has 9 heteroatoms. The maximum atomic E-state index is 11.7. The van der Waals surface area contributed by atoms with Gasteiger partial charge in [-0.25, -0.2) is 9.46 Å². The summed E-state index contributed by atoms with van der Waals surface area (Å²) in [6, 6.07) is 5.86. The molecule has 112 valence electrons. The summed E-state index contributed by atoms with van der Waals surface area (Å²) in [6.07, 6.45) is 2.20. The standard InChI is InChI=1S/C12H13N2O6P/c13-7-8-19-21(17,18)20-10-4-2-1-3-9(10)14-11(15)5-6-12(14)16/h1-6H,7-8,13H2,(H,17,18). The fourth-order valence-corrected chi connectivity index (χ4v) is 2.47. The number of nitrogens with two attached hydrogens (primary N) is 1. The number of anilines is 1. The molecule has 0 saturated heterocycles. The van der Waals surface area contributed by atoms with Crippen LogP contribution in [-0.2, 0) is 18.7 Å². The van der Waals surface area contributed by atoms with E-state index in [1.54, 1.807) is 6.07 Å². The van der Waals surface area contributed by atoms with Crippen LogP contribution in [0.3, 0.4) is 0 Å². The van der Waals surface area contributed by atoms with Crippen molar-refractivity contribution < 1.29 is 28.1 Å². The zero-order valence-corrected chi connectivity index (χ0v) is 11.7. The van der Waals surface area contributed by atoms with Crippen LogP contribution in [0.15, 0.2) is 36.4 Å². The van der Waals surface area contributed by atoms with Gasteiger partial charge in [0.05, 0.1) is 12.3 Å². The van der Waals surface area contributed by atoms with Crippen LogP contribution in [0.25, 0.3) is 0 Å². The van der Waals surface area contributed by atoms with Crippen LogP contribution in [-0.4, -0.2) is 29.9 Å². The molecule has 0 radical (unpaired) electrons. The Hall–Kier alpha value is -1.99. The Morgan fingerprint density at radius 2 is 1.81 bits per heavy atom. The van der Waals surface area contributed by atoms with Crippen molar-refractivity contribution in [2.24, 2.45) is 5.73 Å². The number of benzene rings is 1. The van der Waals surface area contributed by atoms with E-state index < -0.39 is 19.6 Å². The molecule has 0 bridgehead atoms. The van der Waals surface area contributed by atoms with Gasteiger partial charge in [0.1, 0.15) is 0 Å².